The molecule has 1 aliphatic rings. The van der Waals surface area contributed by atoms with Crippen molar-refractivity contribution in [2.45, 2.75) is 46.1 Å². The third kappa shape index (κ3) is 2.25. The Kier molecular flexibility index (Phi) is 3.64. The minimum Gasteiger partial charge on any atom is -0.506 e. The van der Waals surface area contributed by atoms with E-state index in [2.05, 4.69) is 6.92 Å². The molecule has 1 unspecified atom stereocenters. The van der Waals surface area contributed by atoms with Gasteiger partial charge in [0.1, 0.15) is 5.75 Å². The first-order valence-electron chi connectivity index (χ1n) is 6.68. The number of aromatic carboxylic acids is 1. The van der Waals surface area contributed by atoms with E-state index in [1.54, 1.807) is 0 Å². The van der Waals surface area contributed by atoms with Crippen LogP contribution in [0, 0.1) is 5.92 Å². The summed E-state index contributed by atoms with van der Waals surface area (Å²) in [6.07, 6.45) is 3.07. The van der Waals surface area contributed by atoms with Gasteiger partial charge in [0, 0.05) is 17.8 Å². The van der Waals surface area contributed by atoms with Gasteiger partial charge in [0.2, 0.25) is 0 Å². The summed E-state index contributed by atoms with van der Waals surface area (Å²) in [4.78, 5) is 23.4. The van der Waals surface area contributed by atoms with Gasteiger partial charge in [-0.25, -0.2) is 4.79 Å². The minimum absolute atomic E-state index is 0.327. The minimum atomic E-state index is -1.35. The molecule has 1 aromatic heterocycles. The Bertz CT molecular complexity index is 574. The summed E-state index contributed by atoms with van der Waals surface area (Å²) in [6, 6.07) is 0. The number of aromatic hydroxyl groups is 1. The zero-order valence-corrected chi connectivity index (χ0v) is 11.3. The molecule has 0 spiro atoms. The van der Waals surface area contributed by atoms with Crippen molar-refractivity contribution in [3.63, 3.8) is 0 Å². The predicted octanol–water partition coefficient (Wildman–Crippen LogP) is 1.79. The van der Waals surface area contributed by atoms with Crippen LogP contribution in [0.5, 0.6) is 5.75 Å². The number of rotatable bonds is 3. The molecule has 0 bridgehead atoms. The molecule has 0 fully saturated rings. The number of carbonyl (C=O) groups is 1. The summed E-state index contributed by atoms with van der Waals surface area (Å²) >= 11 is 0. The molecule has 0 amide bonds. The van der Waals surface area contributed by atoms with Crippen LogP contribution in [0.3, 0.4) is 0 Å². The van der Waals surface area contributed by atoms with Gasteiger partial charge >= 0.3 is 5.97 Å². The van der Waals surface area contributed by atoms with Crippen LogP contribution in [0.15, 0.2) is 4.79 Å². The average Bonchev–Trinajstić information content (AvgIpc) is 2.34. The fraction of sp³-hybridized carbons (Fsp3) is 0.571. The monoisotopic (exact) mass is 265 g/mol. The maximum absolute atomic E-state index is 12.2. The Labute approximate surface area is 111 Å². The predicted molar refractivity (Wildman–Crippen MR) is 70.8 cm³/mol. The van der Waals surface area contributed by atoms with E-state index < -0.39 is 17.1 Å². The van der Waals surface area contributed by atoms with Crippen molar-refractivity contribution in [3.05, 3.63) is 27.2 Å². The van der Waals surface area contributed by atoms with Crippen molar-refractivity contribution in [3.8, 4) is 5.75 Å². The number of nitrogens with zero attached hydrogens (tertiary/aromatic N) is 1. The van der Waals surface area contributed by atoms with E-state index in [0.29, 0.717) is 24.4 Å². The van der Waals surface area contributed by atoms with Crippen LogP contribution >= 0.6 is 0 Å². The fourth-order valence-corrected chi connectivity index (χ4v) is 2.80. The molecule has 0 saturated carbocycles. The molecule has 1 atom stereocenters. The first-order valence-corrected chi connectivity index (χ1v) is 6.68. The Balaban J connectivity index is 2.74. The summed E-state index contributed by atoms with van der Waals surface area (Å²) in [6.45, 7) is 4.51. The quantitative estimate of drug-likeness (QED) is 0.873. The second-order valence-corrected chi connectivity index (χ2v) is 5.26. The van der Waals surface area contributed by atoms with E-state index >= 15 is 0 Å². The molecule has 5 nitrogen and oxygen atoms in total. The molecule has 5 heteroatoms. The number of fused-ring (bicyclic) bond motifs is 1. The zero-order valence-electron chi connectivity index (χ0n) is 11.3. The van der Waals surface area contributed by atoms with Crippen molar-refractivity contribution in [1.82, 2.24) is 4.57 Å². The highest BCUT2D eigenvalue weighted by Gasteiger charge is 2.28. The molecular weight excluding hydrogens is 246 g/mol. The van der Waals surface area contributed by atoms with Crippen molar-refractivity contribution < 1.29 is 15.0 Å². The van der Waals surface area contributed by atoms with Gasteiger partial charge in [-0.2, -0.15) is 0 Å². The summed E-state index contributed by atoms with van der Waals surface area (Å²) in [5.74, 6) is -1.28. The number of hydrogen-bond acceptors (Lipinski definition) is 3. The van der Waals surface area contributed by atoms with Gasteiger partial charge in [0.15, 0.2) is 5.56 Å². The summed E-state index contributed by atoms with van der Waals surface area (Å²) in [5, 5.41) is 19.2. The molecule has 0 saturated heterocycles. The molecule has 1 heterocycles. The van der Waals surface area contributed by atoms with Crippen molar-refractivity contribution in [1.29, 1.82) is 0 Å². The van der Waals surface area contributed by atoms with Gasteiger partial charge in [-0.3, -0.25) is 4.79 Å². The lowest BCUT2D eigenvalue weighted by molar-refractivity contribution is 0.0690. The van der Waals surface area contributed by atoms with Crippen LogP contribution in [-0.2, 0) is 19.4 Å². The number of carboxylic acids is 1. The van der Waals surface area contributed by atoms with Crippen LogP contribution in [0.1, 0.15) is 48.3 Å². The SMILES string of the molecule is CCCn1c2c(c(O)c(C(=O)O)c1=O)CC(C)CC2. The van der Waals surface area contributed by atoms with Gasteiger partial charge in [-0.15, -0.1) is 0 Å². The van der Waals surface area contributed by atoms with E-state index in [1.807, 2.05) is 6.92 Å². The second kappa shape index (κ2) is 5.07. The van der Waals surface area contributed by atoms with Crippen molar-refractivity contribution in [2.75, 3.05) is 0 Å². The lowest BCUT2D eigenvalue weighted by Gasteiger charge is -2.26. The molecule has 19 heavy (non-hydrogen) atoms. The van der Waals surface area contributed by atoms with Gasteiger partial charge in [-0.05, 0) is 31.6 Å². The topological polar surface area (TPSA) is 79.5 Å². The zero-order chi connectivity index (χ0) is 14.2. The van der Waals surface area contributed by atoms with E-state index in [4.69, 9.17) is 5.11 Å². The van der Waals surface area contributed by atoms with E-state index in [0.717, 1.165) is 25.0 Å². The Morgan fingerprint density at radius 2 is 2.16 bits per heavy atom. The third-order valence-electron chi connectivity index (χ3n) is 3.74. The molecular formula is C14H19NO4. The van der Waals surface area contributed by atoms with Gasteiger partial charge in [-0.1, -0.05) is 13.8 Å². The first-order chi connectivity index (χ1) is 8.97. The first kappa shape index (κ1) is 13.6. The van der Waals surface area contributed by atoms with Gasteiger partial charge in [0.25, 0.3) is 5.56 Å². The maximum Gasteiger partial charge on any atom is 0.345 e. The molecule has 0 aliphatic heterocycles. The van der Waals surface area contributed by atoms with Gasteiger partial charge < -0.3 is 14.8 Å². The third-order valence-corrected chi connectivity index (χ3v) is 3.74. The van der Waals surface area contributed by atoms with E-state index in [9.17, 15) is 14.7 Å². The van der Waals surface area contributed by atoms with Crippen molar-refractivity contribution in [2.24, 2.45) is 5.92 Å². The highest BCUT2D eigenvalue weighted by molar-refractivity contribution is 5.91. The summed E-state index contributed by atoms with van der Waals surface area (Å²) in [5.41, 5.74) is 0.387. The normalized spacial score (nSPS) is 18.1. The van der Waals surface area contributed by atoms with E-state index in [1.165, 1.54) is 4.57 Å². The second-order valence-electron chi connectivity index (χ2n) is 5.26. The summed E-state index contributed by atoms with van der Waals surface area (Å²) in [7, 11) is 0. The number of aromatic nitrogens is 1. The molecule has 0 aromatic carbocycles. The number of pyridine rings is 1. The fourth-order valence-electron chi connectivity index (χ4n) is 2.80. The van der Waals surface area contributed by atoms with Crippen LogP contribution in [-0.4, -0.2) is 20.7 Å². The van der Waals surface area contributed by atoms with Crippen LogP contribution in [0.2, 0.25) is 0 Å². The molecule has 1 aromatic rings. The molecule has 2 N–H and O–H groups in total. The summed E-state index contributed by atoms with van der Waals surface area (Å²) < 4.78 is 1.53. The Morgan fingerprint density at radius 3 is 2.74 bits per heavy atom. The van der Waals surface area contributed by atoms with Gasteiger partial charge in [0.05, 0.1) is 0 Å². The molecule has 1 aliphatic carbocycles. The van der Waals surface area contributed by atoms with Crippen LogP contribution in [0.4, 0.5) is 0 Å². The Hall–Kier alpha value is -1.78. The number of hydrogen-bond donors (Lipinski definition) is 2. The standard InChI is InChI=1S/C14H19NO4/c1-3-6-15-10-5-4-8(2)7-9(10)12(16)11(13(15)17)14(18)19/h8,16H,3-7H2,1-2H3,(H,18,19). The Morgan fingerprint density at radius 1 is 1.47 bits per heavy atom. The highest BCUT2D eigenvalue weighted by atomic mass is 16.4. The highest BCUT2D eigenvalue weighted by Crippen LogP contribution is 2.32. The lowest BCUT2D eigenvalue weighted by atomic mass is 9.86. The smallest absolute Gasteiger partial charge is 0.345 e. The van der Waals surface area contributed by atoms with Crippen LogP contribution < -0.4 is 5.56 Å². The lowest BCUT2D eigenvalue weighted by Crippen LogP contribution is -2.32. The van der Waals surface area contributed by atoms with E-state index in [-0.39, 0.29) is 5.75 Å². The van der Waals surface area contributed by atoms with Crippen LogP contribution in [0.25, 0.3) is 0 Å². The maximum atomic E-state index is 12.2. The average molecular weight is 265 g/mol. The molecule has 2 rings (SSSR count). The molecule has 104 valence electrons. The molecule has 0 radical (unpaired) electrons. The number of carboxylic acid groups (broad SMARTS) is 1. The largest absolute Gasteiger partial charge is 0.506 e. The van der Waals surface area contributed by atoms with Crippen molar-refractivity contribution >= 4 is 5.97 Å².